The summed E-state index contributed by atoms with van der Waals surface area (Å²) < 4.78 is 52.5. The van der Waals surface area contributed by atoms with E-state index in [1.54, 1.807) is 0 Å². The molecule has 14 heavy (non-hydrogen) atoms. The molecule has 0 aliphatic heterocycles. The number of halogens is 6. The van der Waals surface area contributed by atoms with E-state index in [-0.39, 0.29) is 9.50 Å². The maximum absolute atomic E-state index is 12.9. The smallest absolute Gasteiger partial charge is 0.387 e. The minimum atomic E-state index is -3.24. The molecule has 0 unspecified atom stereocenters. The molecule has 1 aromatic carbocycles. The Morgan fingerprint density at radius 1 is 1.29 bits per heavy atom. The second-order valence-electron chi connectivity index (χ2n) is 2.18. The van der Waals surface area contributed by atoms with Gasteiger partial charge in [0.15, 0.2) is 11.6 Å². The molecule has 0 fully saturated rings. The highest BCUT2D eigenvalue weighted by Gasteiger charge is 2.19. The van der Waals surface area contributed by atoms with Gasteiger partial charge in [-0.25, -0.2) is 4.39 Å². The fourth-order valence-corrected chi connectivity index (χ4v) is 1.20. The summed E-state index contributed by atoms with van der Waals surface area (Å²) in [7, 11) is 0. The summed E-state index contributed by atoms with van der Waals surface area (Å²) in [6.45, 7) is -3.24. The van der Waals surface area contributed by atoms with Crippen molar-refractivity contribution in [3.05, 3.63) is 27.2 Å². The van der Waals surface area contributed by atoms with Gasteiger partial charge in [-0.3, -0.25) is 0 Å². The molecular weight excluding hydrogens is 291 g/mol. The average Bonchev–Trinajstić information content (AvgIpc) is 2.10. The molecule has 7 heteroatoms. The zero-order valence-electron chi connectivity index (χ0n) is 6.33. The Morgan fingerprint density at radius 3 is 2.36 bits per heavy atom. The van der Waals surface area contributed by atoms with Crippen molar-refractivity contribution < 1.29 is 22.3 Å². The number of ether oxygens (including phenoxy) is 1. The molecular formula is C7H2BrClF4O. The molecule has 0 N–H and O–H groups in total. The van der Waals surface area contributed by atoms with Crippen LogP contribution >= 0.6 is 27.5 Å². The number of alkyl halides is 2. The lowest BCUT2D eigenvalue weighted by Crippen LogP contribution is -2.05. The highest BCUT2D eigenvalue weighted by atomic mass is 79.9. The Bertz CT molecular complexity index is 358. The van der Waals surface area contributed by atoms with E-state index < -0.39 is 24.0 Å². The van der Waals surface area contributed by atoms with Gasteiger partial charge in [0.1, 0.15) is 0 Å². The first-order valence-electron chi connectivity index (χ1n) is 3.21. The topological polar surface area (TPSA) is 9.23 Å². The lowest BCUT2D eigenvalue weighted by Gasteiger charge is -2.07. The highest BCUT2D eigenvalue weighted by Crippen LogP contribution is 2.33. The Balaban J connectivity index is 3.19. The third-order valence-corrected chi connectivity index (χ3v) is 2.59. The van der Waals surface area contributed by atoms with Crippen LogP contribution in [0.25, 0.3) is 0 Å². The van der Waals surface area contributed by atoms with Crippen molar-refractivity contribution in [2.24, 2.45) is 0 Å². The van der Waals surface area contributed by atoms with Crippen LogP contribution < -0.4 is 4.74 Å². The van der Waals surface area contributed by atoms with Crippen LogP contribution in [-0.2, 0) is 0 Å². The SMILES string of the molecule is Fc1c(OC(F)F)cc(Cl)c(Br)c1F. The van der Waals surface area contributed by atoms with Crippen LogP contribution in [-0.4, -0.2) is 6.61 Å². The molecule has 1 aromatic rings. The Hall–Kier alpha value is -0.490. The third-order valence-electron chi connectivity index (χ3n) is 1.29. The standard InChI is InChI=1S/C7H2BrClF4O/c8-4-2(9)1-3(14-7(12)13)5(10)6(4)11/h1,7H. The first-order chi connectivity index (χ1) is 6.43. The minimum Gasteiger partial charge on any atom is -0.432 e. The summed E-state index contributed by atoms with van der Waals surface area (Å²) in [6.07, 6.45) is 0. The van der Waals surface area contributed by atoms with Crippen molar-refractivity contribution in [1.82, 2.24) is 0 Å². The first-order valence-corrected chi connectivity index (χ1v) is 4.38. The van der Waals surface area contributed by atoms with Crippen LogP contribution in [0, 0.1) is 11.6 Å². The van der Waals surface area contributed by atoms with E-state index in [1.807, 2.05) is 0 Å². The van der Waals surface area contributed by atoms with Gasteiger partial charge in [0.25, 0.3) is 0 Å². The number of hydrogen-bond donors (Lipinski definition) is 0. The van der Waals surface area contributed by atoms with E-state index >= 15 is 0 Å². The van der Waals surface area contributed by atoms with Crippen molar-refractivity contribution in [3.8, 4) is 5.75 Å². The molecule has 0 bridgehead atoms. The Labute approximate surface area is 89.7 Å². The van der Waals surface area contributed by atoms with Gasteiger partial charge in [-0.05, 0) is 15.9 Å². The Kier molecular flexibility index (Phi) is 3.60. The summed E-state index contributed by atoms with van der Waals surface area (Å²) in [5.74, 6) is -3.81. The lowest BCUT2D eigenvalue weighted by molar-refractivity contribution is -0.0525. The van der Waals surface area contributed by atoms with E-state index in [4.69, 9.17) is 11.6 Å². The molecule has 1 rings (SSSR count). The van der Waals surface area contributed by atoms with E-state index in [0.717, 1.165) is 6.07 Å². The lowest BCUT2D eigenvalue weighted by atomic mass is 10.3. The molecule has 0 aliphatic rings. The summed E-state index contributed by atoms with van der Waals surface area (Å²) in [6, 6.07) is 0.760. The summed E-state index contributed by atoms with van der Waals surface area (Å²) in [5.41, 5.74) is 0. The highest BCUT2D eigenvalue weighted by molar-refractivity contribution is 9.10. The quantitative estimate of drug-likeness (QED) is 0.455. The predicted octanol–water partition coefficient (Wildman–Crippen LogP) is 3.98. The second kappa shape index (κ2) is 4.35. The van der Waals surface area contributed by atoms with Gasteiger partial charge in [0.2, 0.25) is 5.82 Å². The normalized spacial score (nSPS) is 10.8. The first kappa shape index (κ1) is 11.6. The molecule has 0 spiro atoms. The van der Waals surface area contributed by atoms with Crippen LogP contribution in [0.2, 0.25) is 5.02 Å². The van der Waals surface area contributed by atoms with Crippen LogP contribution in [0.3, 0.4) is 0 Å². The van der Waals surface area contributed by atoms with Crippen LogP contribution in [0.4, 0.5) is 17.6 Å². The minimum absolute atomic E-state index is 0.250. The molecule has 0 aromatic heterocycles. The maximum atomic E-state index is 12.9. The fraction of sp³-hybridized carbons (Fsp3) is 0.143. The van der Waals surface area contributed by atoms with E-state index in [0.29, 0.717) is 0 Å². The van der Waals surface area contributed by atoms with E-state index in [1.165, 1.54) is 0 Å². The maximum Gasteiger partial charge on any atom is 0.387 e. The zero-order chi connectivity index (χ0) is 10.9. The molecule has 0 aliphatic carbocycles. The molecule has 0 radical (unpaired) electrons. The van der Waals surface area contributed by atoms with Gasteiger partial charge < -0.3 is 4.74 Å². The largest absolute Gasteiger partial charge is 0.432 e. The number of hydrogen-bond acceptors (Lipinski definition) is 1. The molecule has 0 atom stereocenters. The molecule has 0 amide bonds. The van der Waals surface area contributed by atoms with Gasteiger partial charge in [-0.2, -0.15) is 13.2 Å². The van der Waals surface area contributed by atoms with Crippen molar-refractivity contribution in [2.75, 3.05) is 0 Å². The van der Waals surface area contributed by atoms with Gasteiger partial charge >= 0.3 is 6.61 Å². The van der Waals surface area contributed by atoms with Gasteiger partial charge in [-0.15, -0.1) is 0 Å². The number of benzene rings is 1. The van der Waals surface area contributed by atoms with Crippen molar-refractivity contribution in [1.29, 1.82) is 0 Å². The summed E-state index contributed by atoms with van der Waals surface area (Å²) >= 11 is 8.04. The number of rotatable bonds is 2. The van der Waals surface area contributed by atoms with E-state index in [9.17, 15) is 17.6 Å². The molecule has 0 saturated carbocycles. The molecule has 0 saturated heterocycles. The van der Waals surface area contributed by atoms with Gasteiger partial charge in [0, 0.05) is 6.07 Å². The Morgan fingerprint density at radius 2 is 1.86 bits per heavy atom. The van der Waals surface area contributed by atoms with Crippen molar-refractivity contribution >= 4 is 27.5 Å². The van der Waals surface area contributed by atoms with Crippen LogP contribution in [0.15, 0.2) is 10.5 Å². The fourth-order valence-electron chi connectivity index (χ4n) is 0.733. The second-order valence-corrected chi connectivity index (χ2v) is 3.38. The van der Waals surface area contributed by atoms with Crippen molar-refractivity contribution in [3.63, 3.8) is 0 Å². The average molecular weight is 293 g/mol. The van der Waals surface area contributed by atoms with Crippen LogP contribution in [0.1, 0.15) is 0 Å². The zero-order valence-corrected chi connectivity index (χ0v) is 8.67. The summed E-state index contributed by atoms with van der Waals surface area (Å²) in [4.78, 5) is 0. The van der Waals surface area contributed by atoms with Crippen LogP contribution in [0.5, 0.6) is 5.75 Å². The van der Waals surface area contributed by atoms with E-state index in [2.05, 4.69) is 20.7 Å². The third kappa shape index (κ3) is 2.30. The summed E-state index contributed by atoms with van der Waals surface area (Å²) in [5, 5.41) is -0.250. The van der Waals surface area contributed by atoms with Gasteiger partial charge in [0.05, 0.1) is 9.50 Å². The van der Waals surface area contributed by atoms with Gasteiger partial charge in [-0.1, -0.05) is 11.6 Å². The molecule has 0 heterocycles. The molecule has 78 valence electrons. The van der Waals surface area contributed by atoms with Crippen molar-refractivity contribution in [2.45, 2.75) is 6.61 Å². The monoisotopic (exact) mass is 292 g/mol. The molecule has 1 nitrogen and oxygen atoms in total. The predicted molar refractivity (Wildman–Crippen MR) is 45.7 cm³/mol.